The molecule has 3 atom stereocenters. The standard InChI is InChI=1S/C18H27N3O3/c1-11(20-17(23)24-18(2,3)4)14-9-15(14)21-16(22)13-7-5-12(10-19)6-8-13/h5-8,11,14-15H,9-10,19H2,1-4H3,(H,20,23)(H,21,22)/t11-,14-,15?/m0/s1. The van der Waals surface area contributed by atoms with Crippen molar-refractivity contribution in [1.82, 2.24) is 10.6 Å². The van der Waals surface area contributed by atoms with Crippen LogP contribution >= 0.6 is 0 Å². The number of carbonyl (C=O) groups excluding carboxylic acids is 2. The molecule has 6 nitrogen and oxygen atoms in total. The van der Waals surface area contributed by atoms with E-state index >= 15 is 0 Å². The number of rotatable bonds is 5. The fourth-order valence-electron chi connectivity index (χ4n) is 2.58. The van der Waals surface area contributed by atoms with Gasteiger partial charge in [-0.3, -0.25) is 4.79 Å². The first-order chi connectivity index (χ1) is 11.2. The van der Waals surface area contributed by atoms with Gasteiger partial charge in [0.1, 0.15) is 5.60 Å². The molecular weight excluding hydrogens is 306 g/mol. The highest BCUT2D eigenvalue weighted by molar-refractivity contribution is 5.94. The summed E-state index contributed by atoms with van der Waals surface area (Å²) in [6, 6.07) is 7.29. The zero-order chi connectivity index (χ0) is 17.9. The van der Waals surface area contributed by atoms with E-state index in [2.05, 4.69) is 10.6 Å². The summed E-state index contributed by atoms with van der Waals surface area (Å²) in [6.45, 7) is 7.87. The Morgan fingerprint density at radius 3 is 2.46 bits per heavy atom. The molecule has 4 N–H and O–H groups in total. The molecular formula is C18H27N3O3. The van der Waals surface area contributed by atoms with E-state index in [1.165, 1.54) is 0 Å². The molecule has 0 spiro atoms. The van der Waals surface area contributed by atoms with E-state index in [1.54, 1.807) is 12.1 Å². The number of carbonyl (C=O) groups is 2. The van der Waals surface area contributed by atoms with E-state index in [4.69, 9.17) is 10.5 Å². The molecule has 0 aromatic heterocycles. The molecule has 1 aliphatic rings. The van der Waals surface area contributed by atoms with E-state index in [0.29, 0.717) is 12.1 Å². The van der Waals surface area contributed by atoms with Crippen LogP contribution < -0.4 is 16.4 Å². The SMILES string of the molecule is C[C@H](NC(=O)OC(C)(C)C)[C@@H]1CC1NC(=O)c1ccc(CN)cc1. The van der Waals surface area contributed by atoms with Crippen molar-refractivity contribution in [1.29, 1.82) is 0 Å². The van der Waals surface area contributed by atoms with Gasteiger partial charge in [-0.1, -0.05) is 12.1 Å². The number of nitrogens with two attached hydrogens (primary N) is 1. The maximum Gasteiger partial charge on any atom is 0.407 e. The average Bonchev–Trinajstić information content (AvgIpc) is 3.24. The van der Waals surface area contributed by atoms with Crippen LogP contribution in [0.15, 0.2) is 24.3 Å². The van der Waals surface area contributed by atoms with Crippen molar-refractivity contribution >= 4 is 12.0 Å². The molecule has 6 heteroatoms. The Morgan fingerprint density at radius 1 is 1.29 bits per heavy atom. The molecule has 0 saturated heterocycles. The van der Waals surface area contributed by atoms with E-state index in [-0.39, 0.29) is 23.9 Å². The molecule has 2 rings (SSSR count). The van der Waals surface area contributed by atoms with Gasteiger partial charge in [0.05, 0.1) is 0 Å². The second kappa shape index (κ2) is 7.21. The largest absolute Gasteiger partial charge is 0.444 e. The van der Waals surface area contributed by atoms with Gasteiger partial charge < -0.3 is 21.1 Å². The third-order valence-corrected chi connectivity index (χ3v) is 3.99. The van der Waals surface area contributed by atoms with Crippen molar-refractivity contribution in [3.63, 3.8) is 0 Å². The molecule has 0 bridgehead atoms. The smallest absolute Gasteiger partial charge is 0.407 e. The lowest BCUT2D eigenvalue weighted by Crippen LogP contribution is -2.40. The predicted octanol–water partition coefficient (Wildman–Crippen LogP) is 2.18. The second-order valence-corrected chi connectivity index (χ2v) is 7.32. The summed E-state index contributed by atoms with van der Waals surface area (Å²) in [7, 11) is 0. The van der Waals surface area contributed by atoms with Gasteiger partial charge >= 0.3 is 6.09 Å². The zero-order valence-corrected chi connectivity index (χ0v) is 14.8. The Balaban J connectivity index is 1.79. The Morgan fingerprint density at radius 2 is 1.92 bits per heavy atom. The van der Waals surface area contributed by atoms with Crippen molar-refractivity contribution in [3.8, 4) is 0 Å². The predicted molar refractivity (Wildman–Crippen MR) is 92.5 cm³/mol. The summed E-state index contributed by atoms with van der Waals surface area (Å²) in [5.74, 6) is 0.125. The van der Waals surface area contributed by atoms with Gasteiger partial charge in [-0.15, -0.1) is 0 Å². The fraction of sp³-hybridized carbons (Fsp3) is 0.556. The third kappa shape index (κ3) is 5.23. The molecule has 24 heavy (non-hydrogen) atoms. The maximum absolute atomic E-state index is 12.2. The minimum absolute atomic E-state index is 0.0511. The Labute approximate surface area is 143 Å². The summed E-state index contributed by atoms with van der Waals surface area (Å²) >= 11 is 0. The van der Waals surface area contributed by atoms with E-state index in [0.717, 1.165) is 12.0 Å². The normalized spacial score (nSPS) is 20.9. The van der Waals surface area contributed by atoms with Crippen LogP contribution in [-0.4, -0.2) is 29.7 Å². The number of amides is 2. The molecule has 1 aromatic carbocycles. The fourth-order valence-corrected chi connectivity index (χ4v) is 2.58. The zero-order valence-electron chi connectivity index (χ0n) is 14.8. The Hall–Kier alpha value is -2.08. The van der Waals surface area contributed by atoms with Gasteiger partial charge in [0.15, 0.2) is 0 Å². The molecule has 2 amide bonds. The number of ether oxygens (including phenoxy) is 1. The van der Waals surface area contributed by atoms with Crippen LogP contribution in [0.25, 0.3) is 0 Å². The molecule has 1 aliphatic carbocycles. The number of hydrogen-bond acceptors (Lipinski definition) is 4. The lowest BCUT2D eigenvalue weighted by atomic mass is 10.1. The monoisotopic (exact) mass is 333 g/mol. The van der Waals surface area contributed by atoms with Crippen molar-refractivity contribution in [2.45, 2.75) is 58.3 Å². The van der Waals surface area contributed by atoms with Crippen LogP contribution in [-0.2, 0) is 11.3 Å². The van der Waals surface area contributed by atoms with Gasteiger partial charge in [-0.05, 0) is 51.8 Å². The van der Waals surface area contributed by atoms with E-state index in [1.807, 2.05) is 39.8 Å². The quantitative estimate of drug-likeness (QED) is 0.770. The number of hydrogen-bond donors (Lipinski definition) is 3. The highest BCUT2D eigenvalue weighted by Crippen LogP contribution is 2.34. The molecule has 0 heterocycles. The molecule has 1 aromatic rings. The van der Waals surface area contributed by atoms with Crippen molar-refractivity contribution < 1.29 is 14.3 Å². The summed E-state index contributed by atoms with van der Waals surface area (Å²) in [6.07, 6.45) is 0.424. The second-order valence-electron chi connectivity index (χ2n) is 7.32. The third-order valence-electron chi connectivity index (χ3n) is 3.99. The van der Waals surface area contributed by atoms with Gasteiger partial charge in [-0.25, -0.2) is 4.79 Å². The molecule has 0 radical (unpaired) electrons. The lowest BCUT2D eigenvalue weighted by Gasteiger charge is -2.22. The lowest BCUT2D eigenvalue weighted by molar-refractivity contribution is 0.0502. The van der Waals surface area contributed by atoms with Gasteiger partial charge in [0.25, 0.3) is 5.91 Å². The number of alkyl carbamates (subject to hydrolysis) is 1. The number of nitrogens with one attached hydrogen (secondary N) is 2. The van der Waals surface area contributed by atoms with E-state index < -0.39 is 11.7 Å². The Bertz CT molecular complexity index is 593. The van der Waals surface area contributed by atoms with Gasteiger partial charge in [-0.2, -0.15) is 0 Å². The summed E-state index contributed by atoms with van der Waals surface area (Å²) < 4.78 is 5.25. The summed E-state index contributed by atoms with van der Waals surface area (Å²) in [4.78, 5) is 24.0. The van der Waals surface area contributed by atoms with Crippen molar-refractivity contribution in [2.24, 2.45) is 11.7 Å². The average molecular weight is 333 g/mol. The summed E-state index contributed by atoms with van der Waals surface area (Å²) in [5.41, 5.74) is 6.64. The van der Waals surface area contributed by atoms with Gasteiger partial charge in [0, 0.05) is 30.1 Å². The van der Waals surface area contributed by atoms with Crippen LogP contribution in [0.1, 0.15) is 50.0 Å². The van der Waals surface area contributed by atoms with Crippen molar-refractivity contribution in [3.05, 3.63) is 35.4 Å². The van der Waals surface area contributed by atoms with Crippen LogP contribution in [0.2, 0.25) is 0 Å². The minimum Gasteiger partial charge on any atom is -0.444 e. The highest BCUT2D eigenvalue weighted by atomic mass is 16.6. The van der Waals surface area contributed by atoms with Crippen molar-refractivity contribution in [2.75, 3.05) is 0 Å². The molecule has 1 unspecified atom stereocenters. The van der Waals surface area contributed by atoms with Crippen LogP contribution in [0, 0.1) is 5.92 Å². The van der Waals surface area contributed by atoms with E-state index in [9.17, 15) is 9.59 Å². The number of benzene rings is 1. The van der Waals surface area contributed by atoms with Crippen LogP contribution in [0.3, 0.4) is 0 Å². The van der Waals surface area contributed by atoms with Gasteiger partial charge in [0.2, 0.25) is 0 Å². The summed E-state index contributed by atoms with van der Waals surface area (Å²) in [5, 5.41) is 5.83. The Kier molecular flexibility index (Phi) is 5.49. The molecule has 1 fully saturated rings. The first-order valence-electron chi connectivity index (χ1n) is 8.29. The highest BCUT2D eigenvalue weighted by Gasteiger charge is 2.43. The molecule has 1 saturated carbocycles. The minimum atomic E-state index is -0.517. The maximum atomic E-state index is 12.2. The van der Waals surface area contributed by atoms with Crippen LogP contribution in [0.5, 0.6) is 0 Å². The first kappa shape index (κ1) is 18.3. The van der Waals surface area contributed by atoms with Crippen LogP contribution in [0.4, 0.5) is 4.79 Å². The topological polar surface area (TPSA) is 93.5 Å². The molecule has 132 valence electrons. The molecule has 0 aliphatic heterocycles. The first-order valence-corrected chi connectivity index (χ1v) is 8.29.